The van der Waals surface area contributed by atoms with E-state index in [0.29, 0.717) is 28.7 Å². The van der Waals surface area contributed by atoms with Crippen LogP contribution in [0.5, 0.6) is 0 Å². The molecule has 4 aromatic rings. The van der Waals surface area contributed by atoms with Gasteiger partial charge in [0, 0.05) is 52.1 Å². The summed E-state index contributed by atoms with van der Waals surface area (Å²) in [5.74, 6) is -0.911. The minimum atomic E-state index is -0.955. The van der Waals surface area contributed by atoms with E-state index in [2.05, 4.69) is 22.1 Å². The van der Waals surface area contributed by atoms with Gasteiger partial charge < -0.3 is 4.74 Å². The van der Waals surface area contributed by atoms with Gasteiger partial charge in [-0.3, -0.25) is 20.0 Å². The summed E-state index contributed by atoms with van der Waals surface area (Å²) in [6.07, 6.45) is 0.148. The normalized spacial score (nSPS) is 14.2. The number of amides is 1. The molecule has 1 N–H and O–H groups in total. The maximum atomic E-state index is 13.6. The molecule has 0 saturated heterocycles. The fourth-order valence-corrected chi connectivity index (χ4v) is 5.38. The van der Waals surface area contributed by atoms with E-state index < -0.39 is 18.0 Å². The van der Waals surface area contributed by atoms with Crippen molar-refractivity contribution in [3.05, 3.63) is 75.8 Å². The molecule has 0 spiro atoms. The van der Waals surface area contributed by atoms with Crippen LogP contribution in [-0.4, -0.2) is 45.9 Å². The second-order valence-electron chi connectivity index (χ2n) is 8.88. The molecule has 1 aliphatic rings. The lowest BCUT2D eigenvalue weighted by Crippen LogP contribution is -2.35. The summed E-state index contributed by atoms with van der Waals surface area (Å²) in [7, 11) is 0. The highest BCUT2D eigenvalue weighted by atomic mass is 35.5. The van der Waals surface area contributed by atoms with Gasteiger partial charge in [-0.2, -0.15) is 0 Å². The van der Waals surface area contributed by atoms with Crippen LogP contribution in [0.2, 0.25) is 5.02 Å². The molecule has 0 saturated carbocycles. The Hall–Kier alpha value is -3.33. The fourth-order valence-electron chi connectivity index (χ4n) is 4.53. The van der Waals surface area contributed by atoms with Gasteiger partial charge in [0.25, 0.3) is 5.91 Å². The lowest BCUT2D eigenvalue weighted by Gasteiger charge is -2.29. The zero-order valence-corrected chi connectivity index (χ0v) is 22.2. The summed E-state index contributed by atoms with van der Waals surface area (Å²) in [6.45, 7) is 6.33. The maximum absolute atomic E-state index is 13.6. The summed E-state index contributed by atoms with van der Waals surface area (Å²) in [5, 5.41) is 6.50. The molecule has 7 nitrogen and oxygen atoms in total. The number of esters is 1. The number of anilines is 1. The first-order chi connectivity index (χ1) is 18.0. The van der Waals surface area contributed by atoms with Gasteiger partial charge in [-0.25, -0.2) is 9.78 Å². The highest BCUT2D eigenvalue weighted by Crippen LogP contribution is 2.30. The third-order valence-corrected chi connectivity index (χ3v) is 7.57. The van der Waals surface area contributed by atoms with Crippen molar-refractivity contribution in [3.8, 4) is 11.3 Å². The van der Waals surface area contributed by atoms with Gasteiger partial charge in [-0.1, -0.05) is 55.8 Å². The van der Waals surface area contributed by atoms with Gasteiger partial charge in [-0.15, -0.1) is 11.3 Å². The summed E-state index contributed by atoms with van der Waals surface area (Å²) < 4.78 is 5.83. The van der Waals surface area contributed by atoms with Crippen LogP contribution in [0.15, 0.2) is 53.9 Å². The number of nitrogens with one attached hydrogen (secondary N) is 1. The molecule has 0 fully saturated rings. The Balaban J connectivity index is 1.37. The number of nitrogens with zero attached hydrogens (tertiary/aromatic N) is 3. The smallest absolute Gasteiger partial charge is 0.340 e. The molecule has 1 unspecified atom stereocenters. The van der Waals surface area contributed by atoms with E-state index in [9.17, 15) is 9.59 Å². The first-order valence-electron chi connectivity index (χ1n) is 12.3. The van der Waals surface area contributed by atoms with Crippen molar-refractivity contribution < 1.29 is 14.3 Å². The van der Waals surface area contributed by atoms with E-state index in [-0.39, 0.29) is 0 Å². The van der Waals surface area contributed by atoms with Crippen molar-refractivity contribution in [1.82, 2.24) is 14.9 Å². The van der Waals surface area contributed by atoms with Crippen LogP contribution in [0.4, 0.5) is 5.13 Å². The predicted octanol–water partition coefficient (Wildman–Crippen LogP) is 5.96. The third kappa shape index (κ3) is 5.37. The maximum Gasteiger partial charge on any atom is 0.340 e. The zero-order chi connectivity index (χ0) is 25.9. The topological polar surface area (TPSA) is 84.4 Å². The average molecular weight is 535 g/mol. The standard InChI is InChI=1S/C28H27ClN4O3S/c1-3-24(26(34)32-28-31-23(16-37-28)17-9-11-18(29)12-10-17)36-27(35)25-19-7-5-6-8-21(19)30-22-13-14-33(4-2)15-20(22)25/h5-12,16,24H,3-4,13-15H2,1-2H3,(H,31,32,34). The summed E-state index contributed by atoms with van der Waals surface area (Å²) in [4.78, 5) is 38.3. The second kappa shape index (κ2) is 11.0. The molecular weight excluding hydrogens is 508 g/mol. The highest BCUT2D eigenvalue weighted by Gasteiger charge is 2.29. The monoisotopic (exact) mass is 534 g/mol. The van der Waals surface area contributed by atoms with E-state index >= 15 is 0 Å². The molecule has 3 heterocycles. The number of aromatic nitrogens is 2. The number of carbonyl (C=O) groups excluding carboxylic acids is 2. The Morgan fingerprint density at radius 3 is 2.68 bits per heavy atom. The molecule has 0 bridgehead atoms. The SMILES string of the molecule is CCC(OC(=O)c1c2c(nc3ccccc13)CCN(CC)C2)C(=O)Nc1nc(-c2ccc(Cl)cc2)cs1. The quantitative estimate of drug-likeness (QED) is 0.294. The van der Waals surface area contributed by atoms with Gasteiger partial charge in [0.1, 0.15) is 0 Å². The minimum absolute atomic E-state index is 0.333. The van der Waals surface area contributed by atoms with Gasteiger partial charge >= 0.3 is 5.97 Å². The number of para-hydroxylation sites is 1. The minimum Gasteiger partial charge on any atom is -0.449 e. The Bertz CT molecular complexity index is 1450. The number of ether oxygens (including phenoxy) is 1. The molecule has 5 rings (SSSR count). The van der Waals surface area contributed by atoms with E-state index in [1.165, 1.54) is 11.3 Å². The van der Waals surface area contributed by atoms with Gasteiger partial charge in [0.05, 0.1) is 16.8 Å². The number of benzene rings is 2. The molecule has 2 aromatic heterocycles. The molecule has 1 atom stereocenters. The van der Waals surface area contributed by atoms with Crippen LogP contribution in [0.3, 0.4) is 0 Å². The van der Waals surface area contributed by atoms with Gasteiger partial charge in [-0.05, 0) is 31.2 Å². The molecule has 9 heteroatoms. The molecule has 2 aromatic carbocycles. The van der Waals surface area contributed by atoms with E-state index in [0.717, 1.165) is 52.9 Å². The Morgan fingerprint density at radius 2 is 1.92 bits per heavy atom. The number of thiazole rings is 1. The first kappa shape index (κ1) is 25.3. The van der Waals surface area contributed by atoms with Crippen LogP contribution in [0, 0.1) is 0 Å². The van der Waals surface area contributed by atoms with Gasteiger partial charge in [0.15, 0.2) is 11.2 Å². The van der Waals surface area contributed by atoms with Crippen LogP contribution in [0.1, 0.15) is 41.9 Å². The molecule has 37 heavy (non-hydrogen) atoms. The van der Waals surface area contributed by atoms with Crippen molar-refractivity contribution in [3.63, 3.8) is 0 Å². The van der Waals surface area contributed by atoms with Crippen molar-refractivity contribution in [2.45, 2.75) is 39.3 Å². The molecule has 190 valence electrons. The summed E-state index contributed by atoms with van der Waals surface area (Å²) >= 11 is 7.29. The van der Waals surface area contributed by atoms with Gasteiger partial charge in [0.2, 0.25) is 0 Å². The molecule has 0 radical (unpaired) electrons. The van der Waals surface area contributed by atoms with Crippen molar-refractivity contribution in [2.75, 3.05) is 18.4 Å². The number of fused-ring (bicyclic) bond motifs is 2. The Labute approximate surface area is 224 Å². The van der Waals surface area contributed by atoms with Crippen LogP contribution in [-0.2, 0) is 22.5 Å². The predicted molar refractivity (Wildman–Crippen MR) is 147 cm³/mol. The number of likely N-dealkylation sites (N-methyl/N-ethyl adjacent to an activating group) is 1. The van der Waals surface area contributed by atoms with Crippen molar-refractivity contribution >= 4 is 50.8 Å². The number of hydrogen-bond acceptors (Lipinski definition) is 7. The lowest BCUT2D eigenvalue weighted by molar-refractivity contribution is -0.124. The third-order valence-electron chi connectivity index (χ3n) is 6.56. The molecule has 0 aliphatic carbocycles. The van der Waals surface area contributed by atoms with Crippen molar-refractivity contribution in [2.24, 2.45) is 0 Å². The summed E-state index contributed by atoms with van der Waals surface area (Å²) in [6, 6.07) is 14.9. The Morgan fingerprint density at radius 1 is 1.14 bits per heavy atom. The Kier molecular flexibility index (Phi) is 7.50. The number of halogens is 1. The van der Waals surface area contributed by atoms with Crippen LogP contribution < -0.4 is 5.32 Å². The van der Waals surface area contributed by atoms with E-state index in [4.69, 9.17) is 21.3 Å². The first-order valence-corrected chi connectivity index (χ1v) is 13.6. The largest absolute Gasteiger partial charge is 0.449 e. The van der Waals surface area contributed by atoms with Crippen LogP contribution >= 0.6 is 22.9 Å². The molecular formula is C28H27ClN4O3S. The number of pyridine rings is 1. The van der Waals surface area contributed by atoms with E-state index in [1.807, 2.05) is 48.7 Å². The number of hydrogen-bond donors (Lipinski definition) is 1. The molecule has 1 amide bonds. The fraction of sp³-hybridized carbons (Fsp3) is 0.286. The number of rotatable bonds is 7. The summed E-state index contributed by atoms with van der Waals surface area (Å²) in [5.41, 5.74) is 4.70. The molecule has 1 aliphatic heterocycles. The number of carbonyl (C=O) groups is 2. The zero-order valence-electron chi connectivity index (χ0n) is 20.7. The van der Waals surface area contributed by atoms with Crippen LogP contribution in [0.25, 0.3) is 22.2 Å². The highest BCUT2D eigenvalue weighted by molar-refractivity contribution is 7.14. The second-order valence-corrected chi connectivity index (χ2v) is 10.2. The lowest BCUT2D eigenvalue weighted by atomic mass is 9.95. The van der Waals surface area contributed by atoms with E-state index in [1.54, 1.807) is 12.1 Å². The van der Waals surface area contributed by atoms with Crippen molar-refractivity contribution in [1.29, 1.82) is 0 Å². The average Bonchev–Trinajstić information content (AvgIpc) is 3.38.